The predicted molar refractivity (Wildman–Crippen MR) is 56.9 cm³/mol. The van der Waals surface area contributed by atoms with E-state index in [0.717, 1.165) is 29.9 Å². The van der Waals surface area contributed by atoms with Crippen molar-refractivity contribution in [3.05, 3.63) is 29.3 Å². The zero-order valence-electron chi connectivity index (χ0n) is 8.54. The zero-order chi connectivity index (χ0) is 9.97. The highest BCUT2D eigenvalue weighted by Crippen LogP contribution is 2.34. The standard InChI is InChI=1S/C12H14O2/c1-13-11-7-8-12(14-2)10-6-4-3-5-9(10)11/h3,5,7-8H,4,6H2,1-2H3. The van der Waals surface area contributed by atoms with Gasteiger partial charge in [-0.1, -0.05) is 12.2 Å². The SMILES string of the molecule is COc1ccc(OC)c2c1C=CCC2. The van der Waals surface area contributed by atoms with E-state index in [1.807, 2.05) is 12.1 Å². The van der Waals surface area contributed by atoms with E-state index in [4.69, 9.17) is 9.47 Å². The number of benzene rings is 1. The van der Waals surface area contributed by atoms with Crippen LogP contribution in [0.25, 0.3) is 6.08 Å². The molecule has 1 aromatic rings. The number of fused-ring (bicyclic) bond motifs is 1. The summed E-state index contributed by atoms with van der Waals surface area (Å²) >= 11 is 0. The van der Waals surface area contributed by atoms with Crippen LogP contribution in [0.1, 0.15) is 17.5 Å². The molecule has 0 saturated carbocycles. The van der Waals surface area contributed by atoms with Crippen molar-refractivity contribution in [1.82, 2.24) is 0 Å². The van der Waals surface area contributed by atoms with Gasteiger partial charge in [0, 0.05) is 11.1 Å². The molecule has 2 heteroatoms. The maximum atomic E-state index is 5.32. The molecule has 0 aromatic heterocycles. The third-order valence-electron chi connectivity index (χ3n) is 2.56. The Kier molecular flexibility index (Phi) is 2.44. The molecule has 0 radical (unpaired) electrons. The molecule has 0 spiro atoms. The van der Waals surface area contributed by atoms with Gasteiger partial charge in [0.2, 0.25) is 0 Å². The molecule has 74 valence electrons. The van der Waals surface area contributed by atoms with Gasteiger partial charge in [-0.2, -0.15) is 0 Å². The van der Waals surface area contributed by atoms with Gasteiger partial charge < -0.3 is 9.47 Å². The molecule has 0 bridgehead atoms. The summed E-state index contributed by atoms with van der Waals surface area (Å²) in [5.41, 5.74) is 2.42. The molecule has 0 unspecified atom stereocenters. The van der Waals surface area contributed by atoms with Gasteiger partial charge in [-0.15, -0.1) is 0 Å². The second-order valence-electron chi connectivity index (χ2n) is 3.30. The second kappa shape index (κ2) is 3.74. The predicted octanol–water partition coefficient (Wildman–Crippen LogP) is 2.66. The summed E-state index contributed by atoms with van der Waals surface area (Å²) in [6.07, 6.45) is 6.40. The van der Waals surface area contributed by atoms with Crippen molar-refractivity contribution in [3.63, 3.8) is 0 Å². The summed E-state index contributed by atoms with van der Waals surface area (Å²) in [5.74, 6) is 1.89. The van der Waals surface area contributed by atoms with E-state index in [9.17, 15) is 0 Å². The molecule has 0 saturated heterocycles. The Morgan fingerprint density at radius 1 is 1.07 bits per heavy atom. The van der Waals surface area contributed by atoms with E-state index in [0.29, 0.717) is 0 Å². The van der Waals surface area contributed by atoms with Crippen molar-refractivity contribution in [1.29, 1.82) is 0 Å². The number of ether oxygens (including phenoxy) is 2. The minimum absolute atomic E-state index is 0.928. The minimum atomic E-state index is 0.928. The van der Waals surface area contributed by atoms with Gasteiger partial charge in [-0.3, -0.25) is 0 Å². The first kappa shape index (κ1) is 9.13. The van der Waals surface area contributed by atoms with Crippen LogP contribution in [0.5, 0.6) is 11.5 Å². The number of rotatable bonds is 2. The number of allylic oxidation sites excluding steroid dienone is 1. The molecule has 0 atom stereocenters. The van der Waals surface area contributed by atoms with Crippen LogP contribution in [0.3, 0.4) is 0 Å². The zero-order valence-corrected chi connectivity index (χ0v) is 8.54. The molecule has 0 aliphatic heterocycles. The van der Waals surface area contributed by atoms with Gasteiger partial charge in [0.15, 0.2) is 0 Å². The lowest BCUT2D eigenvalue weighted by Gasteiger charge is -2.17. The number of methoxy groups -OCH3 is 2. The van der Waals surface area contributed by atoms with Crippen molar-refractivity contribution in [3.8, 4) is 11.5 Å². The Bertz CT molecular complexity index is 367. The summed E-state index contributed by atoms with van der Waals surface area (Å²) < 4.78 is 10.6. The average molecular weight is 190 g/mol. The molecule has 2 rings (SSSR count). The Hall–Kier alpha value is -1.44. The molecule has 14 heavy (non-hydrogen) atoms. The van der Waals surface area contributed by atoms with Gasteiger partial charge in [-0.25, -0.2) is 0 Å². The molecule has 0 heterocycles. The third kappa shape index (κ3) is 1.37. The number of hydrogen-bond acceptors (Lipinski definition) is 2. The first-order chi connectivity index (χ1) is 6.86. The van der Waals surface area contributed by atoms with Crippen LogP contribution in [-0.4, -0.2) is 14.2 Å². The molecular weight excluding hydrogens is 176 g/mol. The molecule has 0 N–H and O–H groups in total. The monoisotopic (exact) mass is 190 g/mol. The van der Waals surface area contributed by atoms with Crippen LogP contribution in [0, 0.1) is 0 Å². The smallest absolute Gasteiger partial charge is 0.126 e. The normalized spacial score (nSPS) is 13.6. The highest BCUT2D eigenvalue weighted by Gasteiger charge is 2.14. The van der Waals surface area contributed by atoms with Crippen molar-refractivity contribution < 1.29 is 9.47 Å². The largest absolute Gasteiger partial charge is 0.496 e. The molecule has 0 fully saturated rings. The Morgan fingerprint density at radius 3 is 2.50 bits per heavy atom. The Balaban J connectivity index is 2.58. The highest BCUT2D eigenvalue weighted by atomic mass is 16.5. The summed E-state index contributed by atoms with van der Waals surface area (Å²) in [6, 6.07) is 3.92. The maximum absolute atomic E-state index is 5.32. The van der Waals surface area contributed by atoms with E-state index in [1.54, 1.807) is 14.2 Å². The lowest BCUT2D eigenvalue weighted by Crippen LogP contribution is -2.00. The lowest BCUT2D eigenvalue weighted by atomic mass is 9.95. The molecule has 1 aliphatic rings. The lowest BCUT2D eigenvalue weighted by molar-refractivity contribution is 0.397. The van der Waals surface area contributed by atoms with Crippen molar-refractivity contribution in [2.24, 2.45) is 0 Å². The van der Waals surface area contributed by atoms with Crippen molar-refractivity contribution in [2.75, 3.05) is 14.2 Å². The van der Waals surface area contributed by atoms with Crippen LogP contribution >= 0.6 is 0 Å². The van der Waals surface area contributed by atoms with Gasteiger partial charge >= 0.3 is 0 Å². The topological polar surface area (TPSA) is 18.5 Å². The van der Waals surface area contributed by atoms with E-state index < -0.39 is 0 Å². The fourth-order valence-corrected chi connectivity index (χ4v) is 1.86. The van der Waals surface area contributed by atoms with Crippen LogP contribution in [-0.2, 0) is 6.42 Å². The number of hydrogen-bond donors (Lipinski definition) is 0. The first-order valence-corrected chi connectivity index (χ1v) is 4.77. The summed E-state index contributed by atoms with van der Waals surface area (Å²) in [6.45, 7) is 0. The van der Waals surface area contributed by atoms with E-state index in [-0.39, 0.29) is 0 Å². The van der Waals surface area contributed by atoms with Crippen LogP contribution in [0.2, 0.25) is 0 Å². The average Bonchev–Trinajstić information content (AvgIpc) is 2.27. The summed E-state index contributed by atoms with van der Waals surface area (Å²) in [7, 11) is 3.41. The minimum Gasteiger partial charge on any atom is -0.496 e. The van der Waals surface area contributed by atoms with E-state index in [2.05, 4.69) is 12.2 Å². The summed E-state index contributed by atoms with van der Waals surface area (Å²) in [4.78, 5) is 0. The fourth-order valence-electron chi connectivity index (χ4n) is 1.86. The molecule has 1 aliphatic carbocycles. The summed E-state index contributed by atoms with van der Waals surface area (Å²) in [5, 5.41) is 0. The molecule has 1 aromatic carbocycles. The second-order valence-corrected chi connectivity index (χ2v) is 3.30. The van der Waals surface area contributed by atoms with Crippen molar-refractivity contribution in [2.45, 2.75) is 12.8 Å². The van der Waals surface area contributed by atoms with E-state index in [1.165, 1.54) is 5.56 Å². The Labute approximate surface area is 84.2 Å². The van der Waals surface area contributed by atoms with Gasteiger partial charge in [0.25, 0.3) is 0 Å². The van der Waals surface area contributed by atoms with Gasteiger partial charge in [0.1, 0.15) is 11.5 Å². The highest BCUT2D eigenvalue weighted by molar-refractivity contribution is 5.66. The maximum Gasteiger partial charge on any atom is 0.126 e. The van der Waals surface area contributed by atoms with Gasteiger partial charge in [0.05, 0.1) is 14.2 Å². The van der Waals surface area contributed by atoms with Crippen LogP contribution in [0.4, 0.5) is 0 Å². The van der Waals surface area contributed by atoms with Crippen LogP contribution < -0.4 is 9.47 Å². The molecular formula is C12H14O2. The molecule has 0 amide bonds. The molecule has 2 nitrogen and oxygen atoms in total. The van der Waals surface area contributed by atoms with E-state index >= 15 is 0 Å². The first-order valence-electron chi connectivity index (χ1n) is 4.77. The quantitative estimate of drug-likeness (QED) is 0.713. The van der Waals surface area contributed by atoms with Gasteiger partial charge in [-0.05, 0) is 25.0 Å². The van der Waals surface area contributed by atoms with Crippen molar-refractivity contribution >= 4 is 6.08 Å². The Morgan fingerprint density at radius 2 is 1.79 bits per heavy atom. The van der Waals surface area contributed by atoms with Crippen LogP contribution in [0.15, 0.2) is 18.2 Å². The third-order valence-corrected chi connectivity index (χ3v) is 2.56. The fraction of sp³-hybridized carbons (Fsp3) is 0.333.